The van der Waals surface area contributed by atoms with Gasteiger partial charge < -0.3 is 30.0 Å². The fourth-order valence-corrected chi connectivity index (χ4v) is 6.87. The third-order valence-corrected chi connectivity index (χ3v) is 9.03. The average molecular weight is 624 g/mol. The normalized spacial score (nSPS) is 23.0. The van der Waals surface area contributed by atoms with E-state index in [1.54, 1.807) is 36.4 Å². The predicted molar refractivity (Wildman–Crippen MR) is 169 cm³/mol. The molecule has 3 aromatic rings. The van der Waals surface area contributed by atoms with Crippen molar-refractivity contribution in [3.05, 3.63) is 53.7 Å². The zero-order valence-electron chi connectivity index (χ0n) is 25.7. The molecule has 2 bridgehead atoms. The van der Waals surface area contributed by atoms with E-state index >= 15 is 0 Å². The van der Waals surface area contributed by atoms with Crippen LogP contribution in [-0.4, -0.2) is 79.1 Å². The van der Waals surface area contributed by atoms with Crippen LogP contribution in [0.1, 0.15) is 55.1 Å². The van der Waals surface area contributed by atoms with E-state index in [9.17, 15) is 18.0 Å². The van der Waals surface area contributed by atoms with Gasteiger partial charge >= 0.3 is 6.18 Å². The first-order valence-electron chi connectivity index (χ1n) is 15.7. The Morgan fingerprint density at radius 2 is 1.82 bits per heavy atom. The number of halogens is 3. The molecule has 3 aliphatic heterocycles. The third-order valence-electron chi connectivity index (χ3n) is 9.03. The number of aromatic nitrogens is 1. The monoisotopic (exact) mass is 623 g/mol. The van der Waals surface area contributed by atoms with Gasteiger partial charge in [-0.2, -0.15) is 13.2 Å². The summed E-state index contributed by atoms with van der Waals surface area (Å²) in [5.41, 5.74) is 2.72. The van der Waals surface area contributed by atoms with Crippen LogP contribution in [-0.2, 0) is 11.3 Å². The van der Waals surface area contributed by atoms with Crippen molar-refractivity contribution in [2.75, 3.05) is 43.9 Å². The molecule has 7 rings (SSSR count). The first-order valence-corrected chi connectivity index (χ1v) is 15.7. The lowest BCUT2D eigenvalue weighted by atomic mass is 9.87. The third kappa shape index (κ3) is 7.18. The first-order chi connectivity index (χ1) is 21.7. The molecule has 1 saturated carbocycles. The number of methoxy groups -OCH3 is 1. The van der Waals surface area contributed by atoms with Crippen molar-refractivity contribution in [3.63, 3.8) is 0 Å². The Kier molecular flexibility index (Phi) is 9.15. The molecule has 3 N–H and O–H groups in total. The lowest BCUT2D eigenvalue weighted by Gasteiger charge is -2.50. The van der Waals surface area contributed by atoms with Gasteiger partial charge in [-0.1, -0.05) is 12.0 Å². The highest BCUT2D eigenvalue weighted by molar-refractivity contribution is 5.95. The second-order valence-electron chi connectivity index (χ2n) is 12.1. The number of carbonyl (C=O) groups excluding carboxylic acids is 1. The number of anilines is 2. The van der Waals surface area contributed by atoms with Crippen LogP contribution >= 0.6 is 0 Å². The van der Waals surface area contributed by atoms with Crippen molar-refractivity contribution in [1.29, 1.82) is 0 Å². The number of alkyl halides is 3. The number of hydrogen-bond acceptors (Lipinski definition) is 6. The lowest BCUT2D eigenvalue weighted by molar-refractivity contribution is -0.189. The van der Waals surface area contributed by atoms with Crippen molar-refractivity contribution >= 4 is 28.2 Å². The molecule has 240 valence electrons. The van der Waals surface area contributed by atoms with Crippen molar-refractivity contribution in [3.8, 4) is 17.6 Å². The highest BCUT2D eigenvalue weighted by Gasteiger charge is 2.41. The van der Waals surface area contributed by atoms with Gasteiger partial charge in [0.15, 0.2) is 0 Å². The van der Waals surface area contributed by atoms with Gasteiger partial charge in [0.05, 0.1) is 42.8 Å². The van der Waals surface area contributed by atoms with E-state index in [1.807, 2.05) is 13.0 Å². The fourth-order valence-electron chi connectivity index (χ4n) is 6.87. The van der Waals surface area contributed by atoms with Crippen LogP contribution in [0.2, 0.25) is 0 Å². The highest BCUT2D eigenvalue weighted by atomic mass is 19.4. The summed E-state index contributed by atoms with van der Waals surface area (Å²) in [6.07, 6.45) is 1.84. The first kappa shape index (κ1) is 31.1. The van der Waals surface area contributed by atoms with Gasteiger partial charge in [-0.25, -0.2) is 0 Å². The van der Waals surface area contributed by atoms with Crippen LogP contribution in [0.3, 0.4) is 0 Å². The lowest BCUT2D eigenvalue weighted by Crippen LogP contribution is -2.60. The van der Waals surface area contributed by atoms with Gasteiger partial charge in [0.25, 0.3) is 5.91 Å². The Morgan fingerprint density at radius 3 is 2.51 bits per heavy atom. The van der Waals surface area contributed by atoms with Crippen molar-refractivity contribution in [2.45, 2.75) is 76.0 Å². The zero-order valence-corrected chi connectivity index (χ0v) is 25.7. The largest absolute Gasteiger partial charge is 0.495 e. The number of fused-ring (bicyclic) bond motifs is 3. The summed E-state index contributed by atoms with van der Waals surface area (Å²) in [6.45, 7) is 3.46. The van der Waals surface area contributed by atoms with Gasteiger partial charge in [-0.15, -0.1) is 0 Å². The minimum Gasteiger partial charge on any atom is -0.495 e. The van der Waals surface area contributed by atoms with Crippen LogP contribution in [0, 0.1) is 11.8 Å². The van der Waals surface area contributed by atoms with Crippen LogP contribution in [0.15, 0.2) is 42.5 Å². The van der Waals surface area contributed by atoms with Crippen LogP contribution < -0.4 is 20.7 Å². The molecule has 45 heavy (non-hydrogen) atoms. The summed E-state index contributed by atoms with van der Waals surface area (Å²) in [5.74, 6) is 6.20. The predicted octanol–water partition coefficient (Wildman–Crippen LogP) is 5.62. The van der Waals surface area contributed by atoms with E-state index in [4.69, 9.17) is 9.47 Å². The standard InChI is InChI=1S/C34H40F3N5O3/c1-3-38-33(43)22-9-14-30(32(16-22)44-2)39-15-5-6-25-17-28-29(7-4-8-31(28)42(25)21-34(35,36)37)40-23-10-12-24(13-11-23)41-19-26-18-27(20-41)45-26/h4,7-9,14,16-17,23-24,26-27,39-40H,3,10-13,15,18-21H2,1-2H3,(H,38,43)/t23-,24-,26?,27?. The van der Waals surface area contributed by atoms with Gasteiger partial charge in [0, 0.05) is 54.8 Å². The van der Waals surface area contributed by atoms with E-state index in [1.165, 1.54) is 18.1 Å². The molecule has 4 fully saturated rings. The van der Waals surface area contributed by atoms with Crippen molar-refractivity contribution < 1.29 is 27.4 Å². The van der Waals surface area contributed by atoms with E-state index < -0.39 is 12.7 Å². The number of hydrogen-bond donors (Lipinski definition) is 3. The Hall–Kier alpha value is -3.88. The molecule has 1 aliphatic carbocycles. The molecule has 2 aromatic carbocycles. The fraction of sp³-hybridized carbons (Fsp3) is 0.500. The number of rotatable bonds is 9. The minimum atomic E-state index is -4.40. The molecule has 2 atom stereocenters. The summed E-state index contributed by atoms with van der Waals surface area (Å²) in [5, 5.41) is 10.3. The van der Waals surface area contributed by atoms with Crippen LogP contribution in [0.4, 0.5) is 24.5 Å². The average Bonchev–Trinajstić information content (AvgIpc) is 3.36. The molecule has 1 amide bonds. The molecule has 1 aromatic heterocycles. The summed E-state index contributed by atoms with van der Waals surface area (Å²) in [7, 11) is 1.51. The maximum Gasteiger partial charge on any atom is 0.406 e. The second kappa shape index (κ2) is 13.2. The summed E-state index contributed by atoms with van der Waals surface area (Å²) in [6, 6.07) is 13.1. The summed E-state index contributed by atoms with van der Waals surface area (Å²) >= 11 is 0. The molecule has 0 radical (unpaired) electrons. The van der Waals surface area contributed by atoms with Gasteiger partial charge in [-0.05, 0) is 74.9 Å². The Balaban J connectivity index is 1.15. The number of morpholine rings is 1. The number of amides is 1. The number of ether oxygens (including phenoxy) is 2. The van der Waals surface area contributed by atoms with E-state index in [2.05, 4.69) is 32.7 Å². The van der Waals surface area contributed by atoms with E-state index in [-0.39, 0.29) is 18.5 Å². The Morgan fingerprint density at radius 1 is 1.07 bits per heavy atom. The number of carbonyl (C=O) groups is 1. The minimum absolute atomic E-state index is 0.170. The number of nitrogens with one attached hydrogen (secondary N) is 3. The maximum absolute atomic E-state index is 13.7. The molecular weight excluding hydrogens is 583 g/mol. The van der Waals surface area contributed by atoms with Crippen LogP contribution in [0.5, 0.6) is 5.75 Å². The van der Waals surface area contributed by atoms with Crippen molar-refractivity contribution in [1.82, 2.24) is 14.8 Å². The molecular formula is C34H40F3N5O3. The van der Waals surface area contributed by atoms with E-state index in [0.717, 1.165) is 49.8 Å². The topological polar surface area (TPSA) is 79.8 Å². The highest BCUT2D eigenvalue weighted by Crippen LogP contribution is 2.35. The second-order valence-corrected chi connectivity index (χ2v) is 12.1. The van der Waals surface area contributed by atoms with Gasteiger partial charge in [-0.3, -0.25) is 9.69 Å². The number of benzene rings is 2. The van der Waals surface area contributed by atoms with Crippen molar-refractivity contribution in [2.24, 2.45) is 0 Å². The summed E-state index contributed by atoms with van der Waals surface area (Å²) < 4.78 is 53.6. The Bertz CT molecular complexity index is 1570. The molecule has 0 spiro atoms. The molecule has 3 saturated heterocycles. The van der Waals surface area contributed by atoms with Crippen LogP contribution in [0.25, 0.3) is 10.9 Å². The Labute approximate surface area is 261 Å². The van der Waals surface area contributed by atoms with Gasteiger partial charge in [0.1, 0.15) is 12.3 Å². The quantitative estimate of drug-likeness (QED) is 0.269. The van der Waals surface area contributed by atoms with Gasteiger partial charge in [0.2, 0.25) is 0 Å². The zero-order chi connectivity index (χ0) is 31.6. The molecule has 2 unspecified atom stereocenters. The summed E-state index contributed by atoms with van der Waals surface area (Å²) in [4.78, 5) is 14.8. The van der Waals surface area contributed by atoms with E-state index in [0.29, 0.717) is 53.0 Å². The molecule has 4 heterocycles. The number of nitrogens with zero attached hydrogens (tertiary/aromatic N) is 2. The number of piperidine rings is 1. The smallest absolute Gasteiger partial charge is 0.406 e. The molecule has 4 aliphatic rings. The molecule has 11 heteroatoms. The maximum atomic E-state index is 13.7. The molecule has 8 nitrogen and oxygen atoms in total. The SMILES string of the molecule is CCNC(=O)c1ccc(NCC#Cc2cc3c(N[C@H]4CC[C@H](N5CC6CC(C5)O6)CC4)cccc3n2CC(F)(F)F)c(OC)c1.